The molecule has 0 aliphatic carbocycles. The van der Waals surface area contributed by atoms with Gasteiger partial charge in [0.05, 0.1) is 16.2 Å². The standard InChI is InChI=1S/C16H7ClN2O5S/c17-13-10-4-3-8(19(21)22)6-12(10)25-14(13)15-18-11(16(20)24-15)7-9-2-1-5-23-9/h1-7H/b11-7+. The minimum atomic E-state index is -0.620. The van der Waals surface area contributed by atoms with Crippen LogP contribution in [0.2, 0.25) is 5.02 Å². The third kappa shape index (κ3) is 2.71. The smallest absolute Gasteiger partial charge is 0.363 e. The van der Waals surface area contributed by atoms with Gasteiger partial charge in [-0.1, -0.05) is 11.6 Å². The molecule has 0 atom stereocenters. The molecule has 0 spiro atoms. The molecule has 0 amide bonds. The van der Waals surface area contributed by atoms with E-state index in [0.717, 1.165) is 0 Å². The first-order valence-corrected chi connectivity index (χ1v) is 8.15. The lowest BCUT2D eigenvalue weighted by molar-refractivity contribution is -0.384. The molecule has 2 aromatic heterocycles. The highest BCUT2D eigenvalue weighted by Crippen LogP contribution is 2.39. The number of thiophene rings is 1. The summed E-state index contributed by atoms with van der Waals surface area (Å²) < 4.78 is 10.9. The lowest BCUT2D eigenvalue weighted by Crippen LogP contribution is -2.04. The Hall–Kier alpha value is -2.97. The Bertz CT molecular complexity index is 1080. The lowest BCUT2D eigenvalue weighted by atomic mass is 10.2. The first kappa shape index (κ1) is 15.6. The number of nitro groups is 1. The normalized spacial score (nSPS) is 15.6. The number of ether oxygens (including phenoxy) is 1. The maximum absolute atomic E-state index is 12.0. The van der Waals surface area contributed by atoms with Crippen LogP contribution in [0.1, 0.15) is 10.6 Å². The molecule has 0 saturated heterocycles. The fourth-order valence-electron chi connectivity index (χ4n) is 2.32. The van der Waals surface area contributed by atoms with Crippen LogP contribution in [-0.4, -0.2) is 16.8 Å². The Labute approximate surface area is 148 Å². The Balaban J connectivity index is 1.78. The van der Waals surface area contributed by atoms with Crippen LogP contribution in [-0.2, 0) is 9.53 Å². The maximum Gasteiger partial charge on any atom is 0.363 e. The number of rotatable bonds is 3. The molecule has 9 heteroatoms. The number of esters is 1. The van der Waals surface area contributed by atoms with Gasteiger partial charge in [0.15, 0.2) is 5.70 Å². The minimum absolute atomic E-state index is 0.0410. The average molecular weight is 375 g/mol. The summed E-state index contributed by atoms with van der Waals surface area (Å²) in [6.45, 7) is 0. The largest absolute Gasteiger partial charge is 0.465 e. The molecule has 0 fully saturated rings. The minimum Gasteiger partial charge on any atom is -0.465 e. The van der Waals surface area contributed by atoms with Crippen LogP contribution < -0.4 is 0 Å². The summed E-state index contributed by atoms with van der Waals surface area (Å²) in [5.41, 5.74) is 0.0465. The molecule has 25 heavy (non-hydrogen) atoms. The SMILES string of the molecule is O=C1OC(c2sc3cc([N+](=O)[O-])ccc3c2Cl)=N/C1=C/c1ccco1. The maximum atomic E-state index is 12.0. The van der Waals surface area contributed by atoms with E-state index in [9.17, 15) is 14.9 Å². The van der Waals surface area contributed by atoms with Crippen LogP contribution in [0.3, 0.4) is 0 Å². The average Bonchev–Trinajstić information content (AvgIpc) is 3.29. The van der Waals surface area contributed by atoms with E-state index in [1.165, 1.54) is 35.8 Å². The summed E-state index contributed by atoms with van der Waals surface area (Å²) in [6.07, 6.45) is 2.94. The van der Waals surface area contributed by atoms with E-state index < -0.39 is 10.9 Å². The third-order valence-corrected chi connectivity index (χ3v) is 5.11. The molecule has 1 aliphatic rings. The molecular formula is C16H7ClN2O5S. The van der Waals surface area contributed by atoms with Gasteiger partial charge in [-0.15, -0.1) is 11.3 Å². The molecule has 0 N–H and O–H groups in total. The van der Waals surface area contributed by atoms with Crippen molar-refractivity contribution in [3.63, 3.8) is 0 Å². The predicted octanol–water partition coefficient (Wildman–Crippen LogP) is 4.40. The van der Waals surface area contributed by atoms with E-state index in [4.69, 9.17) is 20.8 Å². The molecule has 0 radical (unpaired) electrons. The monoisotopic (exact) mass is 374 g/mol. The molecule has 3 aromatic rings. The molecule has 1 aromatic carbocycles. The summed E-state index contributed by atoms with van der Waals surface area (Å²) in [4.78, 5) is 27.0. The summed E-state index contributed by atoms with van der Waals surface area (Å²) in [5, 5.41) is 11.9. The number of carbonyl (C=O) groups is 1. The number of aliphatic imine (C=N–C) groups is 1. The van der Waals surface area contributed by atoms with Gasteiger partial charge in [-0.05, 0) is 18.2 Å². The van der Waals surface area contributed by atoms with Gasteiger partial charge in [-0.25, -0.2) is 9.79 Å². The van der Waals surface area contributed by atoms with Crippen molar-refractivity contribution < 1.29 is 18.9 Å². The van der Waals surface area contributed by atoms with Crippen LogP contribution in [0.25, 0.3) is 16.2 Å². The van der Waals surface area contributed by atoms with Crippen LogP contribution in [0, 0.1) is 10.1 Å². The first-order chi connectivity index (χ1) is 12.0. The Morgan fingerprint density at radius 3 is 2.88 bits per heavy atom. The number of non-ortho nitro benzene ring substituents is 1. The topological polar surface area (TPSA) is 94.9 Å². The Morgan fingerprint density at radius 2 is 2.16 bits per heavy atom. The molecule has 4 rings (SSSR count). The fraction of sp³-hybridized carbons (Fsp3) is 0. The molecule has 0 saturated carbocycles. The third-order valence-electron chi connectivity index (χ3n) is 3.46. The number of furan rings is 1. The number of fused-ring (bicyclic) bond motifs is 1. The Morgan fingerprint density at radius 1 is 1.32 bits per heavy atom. The number of nitrogens with zero attached hydrogens (tertiary/aromatic N) is 2. The number of halogens is 1. The molecule has 0 unspecified atom stereocenters. The van der Waals surface area contributed by atoms with Crippen molar-refractivity contribution in [1.29, 1.82) is 0 Å². The molecule has 7 nitrogen and oxygen atoms in total. The molecule has 1 aliphatic heterocycles. The van der Waals surface area contributed by atoms with E-state index in [-0.39, 0.29) is 17.3 Å². The van der Waals surface area contributed by atoms with Crippen molar-refractivity contribution in [2.75, 3.05) is 0 Å². The quantitative estimate of drug-likeness (QED) is 0.293. The molecule has 124 valence electrons. The van der Waals surface area contributed by atoms with E-state index in [1.54, 1.807) is 18.2 Å². The summed E-state index contributed by atoms with van der Waals surface area (Å²) in [5.74, 6) is -0.0856. The van der Waals surface area contributed by atoms with E-state index in [1.807, 2.05) is 0 Å². The van der Waals surface area contributed by atoms with E-state index >= 15 is 0 Å². The van der Waals surface area contributed by atoms with Crippen molar-refractivity contribution in [2.24, 2.45) is 4.99 Å². The highest BCUT2D eigenvalue weighted by atomic mass is 35.5. The van der Waals surface area contributed by atoms with Gasteiger partial charge in [0, 0.05) is 28.3 Å². The van der Waals surface area contributed by atoms with Crippen LogP contribution in [0.4, 0.5) is 5.69 Å². The lowest BCUT2D eigenvalue weighted by Gasteiger charge is -1.95. The summed E-state index contributed by atoms with van der Waals surface area (Å²) in [6, 6.07) is 7.72. The van der Waals surface area contributed by atoms with Gasteiger partial charge in [0.2, 0.25) is 5.90 Å². The van der Waals surface area contributed by atoms with E-state index in [0.29, 0.717) is 25.7 Å². The van der Waals surface area contributed by atoms with Crippen molar-refractivity contribution in [3.8, 4) is 0 Å². The predicted molar refractivity (Wildman–Crippen MR) is 92.8 cm³/mol. The van der Waals surface area contributed by atoms with Crippen molar-refractivity contribution in [3.05, 3.63) is 68.1 Å². The first-order valence-electron chi connectivity index (χ1n) is 6.96. The van der Waals surface area contributed by atoms with Crippen molar-refractivity contribution in [2.45, 2.75) is 0 Å². The summed E-state index contributed by atoms with van der Waals surface area (Å²) >= 11 is 7.51. The van der Waals surface area contributed by atoms with Gasteiger partial charge in [0.25, 0.3) is 5.69 Å². The highest BCUT2D eigenvalue weighted by molar-refractivity contribution is 7.21. The molecular weight excluding hydrogens is 368 g/mol. The zero-order valence-electron chi connectivity index (χ0n) is 12.3. The van der Waals surface area contributed by atoms with Crippen LogP contribution in [0.5, 0.6) is 0 Å². The highest BCUT2D eigenvalue weighted by Gasteiger charge is 2.28. The van der Waals surface area contributed by atoms with Crippen molar-refractivity contribution >= 4 is 56.7 Å². The molecule has 0 bridgehead atoms. The number of hydrogen-bond donors (Lipinski definition) is 0. The van der Waals surface area contributed by atoms with Gasteiger partial charge in [-0.2, -0.15) is 0 Å². The number of cyclic esters (lactones) is 1. The number of benzene rings is 1. The zero-order valence-corrected chi connectivity index (χ0v) is 13.8. The zero-order chi connectivity index (χ0) is 17.6. The van der Waals surface area contributed by atoms with Gasteiger partial charge >= 0.3 is 5.97 Å². The van der Waals surface area contributed by atoms with E-state index in [2.05, 4.69) is 4.99 Å². The second-order valence-corrected chi connectivity index (χ2v) is 6.46. The molecule has 3 heterocycles. The fourth-order valence-corrected chi connectivity index (χ4v) is 3.79. The van der Waals surface area contributed by atoms with Gasteiger partial charge in [-0.3, -0.25) is 10.1 Å². The second kappa shape index (κ2) is 5.83. The van der Waals surface area contributed by atoms with Crippen LogP contribution in [0.15, 0.2) is 51.7 Å². The van der Waals surface area contributed by atoms with Gasteiger partial charge < -0.3 is 9.15 Å². The number of hydrogen-bond acceptors (Lipinski definition) is 7. The van der Waals surface area contributed by atoms with Crippen LogP contribution >= 0.6 is 22.9 Å². The summed E-state index contributed by atoms with van der Waals surface area (Å²) in [7, 11) is 0. The van der Waals surface area contributed by atoms with Crippen molar-refractivity contribution in [1.82, 2.24) is 0 Å². The Kier molecular flexibility index (Phi) is 3.63. The number of nitro benzene ring substituents is 1. The second-order valence-electron chi connectivity index (χ2n) is 5.03. The van der Waals surface area contributed by atoms with Gasteiger partial charge in [0.1, 0.15) is 10.6 Å². The number of carbonyl (C=O) groups excluding carboxylic acids is 1.